The van der Waals surface area contributed by atoms with Crippen LogP contribution in [-0.2, 0) is 11.3 Å². The topological polar surface area (TPSA) is 64.3 Å². The first kappa shape index (κ1) is 11.7. The normalized spacial score (nSPS) is 17.3. The lowest BCUT2D eigenvalue weighted by molar-refractivity contribution is -0.123. The van der Waals surface area contributed by atoms with Crippen molar-refractivity contribution in [3.63, 3.8) is 0 Å². The van der Waals surface area contributed by atoms with Gasteiger partial charge in [-0.2, -0.15) is 0 Å². The number of carbonyl (C=O) groups excluding carboxylic acids is 1. The van der Waals surface area contributed by atoms with E-state index in [9.17, 15) is 4.79 Å². The maximum absolute atomic E-state index is 12.1. The van der Waals surface area contributed by atoms with E-state index in [1.807, 2.05) is 48.5 Å². The summed E-state index contributed by atoms with van der Waals surface area (Å²) in [4.78, 5) is 12.1. The van der Waals surface area contributed by atoms with Crippen LogP contribution in [0.25, 0.3) is 0 Å². The van der Waals surface area contributed by atoms with Crippen LogP contribution in [0.15, 0.2) is 48.5 Å². The van der Waals surface area contributed by atoms with Crippen molar-refractivity contribution in [2.24, 2.45) is 5.73 Å². The number of ether oxygens (including phenoxy) is 1. The Kier molecular flexibility index (Phi) is 2.93. The van der Waals surface area contributed by atoms with Gasteiger partial charge < -0.3 is 15.8 Å². The summed E-state index contributed by atoms with van der Waals surface area (Å²) in [7, 11) is 0. The van der Waals surface area contributed by atoms with E-state index in [0.29, 0.717) is 18.0 Å². The lowest BCUT2D eigenvalue weighted by atomic mass is 10.1. The molecule has 3 N–H and O–H groups in total. The average Bonchev–Trinajstić information content (AvgIpc) is 2.47. The standard InChI is InChI=1S/C15H14N2O2/c16-9-10-6-7-12-13(8-10)19-14(15(18)17-12)11-4-2-1-3-5-11/h1-8,14H,9,16H2,(H,17,18). The second-order valence-electron chi connectivity index (χ2n) is 4.43. The molecule has 1 amide bonds. The number of nitrogens with two attached hydrogens (primary N) is 1. The molecular formula is C15H14N2O2. The molecule has 1 unspecified atom stereocenters. The molecule has 0 saturated carbocycles. The fourth-order valence-corrected chi connectivity index (χ4v) is 2.12. The summed E-state index contributed by atoms with van der Waals surface area (Å²) in [6.07, 6.45) is -0.610. The molecule has 0 aromatic heterocycles. The molecule has 2 aromatic carbocycles. The number of carbonyl (C=O) groups is 1. The third-order valence-electron chi connectivity index (χ3n) is 3.12. The van der Waals surface area contributed by atoms with E-state index < -0.39 is 6.10 Å². The van der Waals surface area contributed by atoms with Crippen LogP contribution < -0.4 is 15.8 Å². The van der Waals surface area contributed by atoms with E-state index >= 15 is 0 Å². The van der Waals surface area contributed by atoms with Crippen LogP contribution in [0.1, 0.15) is 17.2 Å². The molecule has 1 aliphatic heterocycles. The summed E-state index contributed by atoms with van der Waals surface area (Å²) in [5.74, 6) is 0.510. The molecule has 19 heavy (non-hydrogen) atoms. The molecule has 1 heterocycles. The van der Waals surface area contributed by atoms with Crippen LogP contribution in [0.4, 0.5) is 5.69 Å². The molecule has 1 atom stereocenters. The molecular weight excluding hydrogens is 240 g/mol. The number of amides is 1. The molecule has 0 saturated heterocycles. The SMILES string of the molecule is NCc1ccc2c(c1)OC(c1ccccc1)C(=O)N2. The second kappa shape index (κ2) is 4.74. The van der Waals surface area contributed by atoms with Crippen molar-refractivity contribution in [2.45, 2.75) is 12.6 Å². The van der Waals surface area contributed by atoms with Gasteiger partial charge in [0.1, 0.15) is 5.75 Å². The Morgan fingerprint density at radius 3 is 2.68 bits per heavy atom. The van der Waals surface area contributed by atoms with Crippen molar-refractivity contribution in [3.05, 3.63) is 59.7 Å². The number of hydrogen-bond acceptors (Lipinski definition) is 3. The highest BCUT2D eigenvalue weighted by Crippen LogP contribution is 2.35. The summed E-state index contributed by atoms with van der Waals surface area (Å²) in [6.45, 7) is 0.445. The van der Waals surface area contributed by atoms with Crippen molar-refractivity contribution in [1.29, 1.82) is 0 Å². The number of anilines is 1. The lowest BCUT2D eigenvalue weighted by Gasteiger charge is -2.26. The molecule has 0 fully saturated rings. The highest BCUT2D eigenvalue weighted by molar-refractivity contribution is 5.98. The number of benzene rings is 2. The van der Waals surface area contributed by atoms with Gasteiger partial charge in [0.05, 0.1) is 5.69 Å². The van der Waals surface area contributed by atoms with Gasteiger partial charge in [0, 0.05) is 12.1 Å². The Bertz CT molecular complexity index is 611. The van der Waals surface area contributed by atoms with E-state index in [4.69, 9.17) is 10.5 Å². The summed E-state index contributed by atoms with van der Waals surface area (Å²) < 4.78 is 5.81. The van der Waals surface area contributed by atoms with Crippen LogP contribution >= 0.6 is 0 Å². The molecule has 0 radical (unpaired) electrons. The smallest absolute Gasteiger partial charge is 0.270 e. The number of hydrogen-bond donors (Lipinski definition) is 2. The van der Waals surface area contributed by atoms with Crippen LogP contribution in [0, 0.1) is 0 Å². The Labute approximate surface area is 111 Å². The molecule has 1 aliphatic rings. The summed E-state index contributed by atoms with van der Waals surface area (Å²) in [5.41, 5.74) is 8.11. The third-order valence-corrected chi connectivity index (χ3v) is 3.12. The zero-order valence-electron chi connectivity index (χ0n) is 10.3. The van der Waals surface area contributed by atoms with Gasteiger partial charge in [0.15, 0.2) is 0 Å². The lowest BCUT2D eigenvalue weighted by Crippen LogP contribution is -2.30. The van der Waals surface area contributed by atoms with E-state index in [0.717, 1.165) is 11.1 Å². The first-order chi connectivity index (χ1) is 9.28. The van der Waals surface area contributed by atoms with Gasteiger partial charge >= 0.3 is 0 Å². The van der Waals surface area contributed by atoms with Gasteiger partial charge in [0.2, 0.25) is 6.10 Å². The maximum atomic E-state index is 12.1. The minimum atomic E-state index is -0.610. The predicted octanol–water partition coefficient (Wildman–Crippen LogP) is 2.22. The van der Waals surface area contributed by atoms with Gasteiger partial charge in [-0.25, -0.2) is 0 Å². The van der Waals surface area contributed by atoms with Crippen molar-refractivity contribution in [3.8, 4) is 5.75 Å². The van der Waals surface area contributed by atoms with Crippen LogP contribution in [-0.4, -0.2) is 5.91 Å². The Morgan fingerprint density at radius 1 is 1.16 bits per heavy atom. The second-order valence-corrected chi connectivity index (χ2v) is 4.43. The monoisotopic (exact) mass is 254 g/mol. The van der Waals surface area contributed by atoms with E-state index in [2.05, 4.69) is 5.32 Å². The van der Waals surface area contributed by atoms with Crippen molar-refractivity contribution >= 4 is 11.6 Å². The van der Waals surface area contributed by atoms with Gasteiger partial charge in [-0.1, -0.05) is 36.4 Å². The zero-order valence-corrected chi connectivity index (χ0v) is 10.3. The first-order valence-corrected chi connectivity index (χ1v) is 6.13. The van der Waals surface area contributed by atoms with Gasteiger partial charge in [-0.3, -0.25) is 4.79 Å². The minimum Gasteiger partial charge on any atom is -0.474 e. The van der Waals surface area contributed by atoms with Crippen molar-refractivity contribution in [2.75, 3.05) is 5.32 Å². The molecule has 96 valence electrons. The van der Waals surface area contributed by atoms with Crippen molar-refractivity contribution < 1.29 is 9.53 Å². The first-order valence-electron chi connectivity index (χ1n) is 6.13. The quantitative estimate of drug-likeness (QED) is 0.863. The Balaban J connectivity index is 1.96. The van der Waals surface area contributed by atoms with Gasteiger partial charge in [-0.05, 0) is 17.7 Å². The average molecular weight is 254 g/mol. The summed E-state index contributed by atoms with van der Waals surface area (Å²) >= 11 is 0. The molecule has 4 heteroatoms. The predicted molar refractivity (Wildman–Crippen MR) is 72.8 cm³/mol. The Hall–Kier alpha value is -2.33. The number of nitrogens with one attached hydrogen (secondary N) is 1. The summed E-state index contributed by atoms with van der Waals surface area (Å²) in [5, 5.41) is 2.86. The van der Waals surface area contributed by atoms with Gasteiger partial charge in [-0.15, -0.1) is 0 Å². The molecule has 0 aliphatic carbocycles. The molecule has 3 rings (SSSR count). The number of fused-ring (bicyclic) bond motifs is 1. The number of rotatable bonds is 2. The van der Waals surface area contributed by atoms with E-state index in [1.165, 1.54) is 0 Å². The minimum absolute atomic E-state index is 0.154. The highest BCUT2D eigenvalue weighted by Gasteiger charge is 2.28. The molecule has 4 nitrogen and oxygen atoms in total. The third kappa shape index (κ3) is 2.18. The van der Waals surface area contributed by atoms with E-state index in [-0.39, 0.29) is 5.91 Å². The van der Waals surface area contributed by atoms with Crippen molar-refractivity contribution in [1.82, 2.24) is 0 Å². The highest BCUT2D eigenvalue weighted by atomic mass is 16.5. The fraction of sp³-hybridized carbons (Fsp3) is 0.133. The largest absolute Gasteiger partial charge is 0.474 e. The van der Waals surface area contributed by atoms with Crippen LogP contribution in [0.5, 0.6) is 5.75 Å². The Morgan fingerprint density at radius 2 is 1.95 bits per heavy atom. The van der Waals surface area contributed by atoms with Crippen LogP contribution in [0.2, 0.25) is 0 Å². The molecule has 2 aromatic rings. The summed E-state index contributed by atoms with van der Waals surface area (Å²) in [6, 6.07) is 15.0. The maximum Gasteiger partial charge on any atom is 0.270 e. The van der Waals surface area contributed by atoms with E-state index in [1.54, 1.807) is 0 Å². The van der Waals surface area contributed by atoms with Gasteiger partial charge in [0.25, 0.3) is 5.91 Å². The van der Waals surface area contributed by atoms with Crippen LogP contribution in [0.3, 0.4) is 0 Å². The molecule has 0 spiro atoms. The molecule has 0 bridgehead atoms. The zero-order chi connectivity index (χ0) is 13.2. The fourth-order valence-electron chi connectivity index (χ4n) is 2.12.